The van der Waals surface area contributed by atoms with Crippen molar-refractivity contribution in [3.8, 4) is 0 Å². The van der Waals surface area contributed by atoms with Crippen LogP contribution < -0.4 is 5.73 Å². The molecule has 0 radical (unpaired) electrons. The van der Waals surface area contributed by atoms with Crippen molar-refractivity contribution in [1.29, 1.82) is 0 Å². The van der Waals surface area contributed by atoms with E-state index in [1.807, 2.05) is 0 Å². The lowest BCUT2D eigenvalue weighted by molar-refractivity contribution is -0.0831. The summed E-state index contributed by atoms with van der Waals surface area (Å²) in [5.74, 6) is -0.241. The van der Waals surface area contributed by atoms with E-state index in [9.17, 15) is 0 Å². The Balaban J connectivity index is 3.46. The van der Waals surface area contributed by atoms with Crippen molar-refractivity contribution >= 4 is 0 Å². The third kappa shape index (κ3) is 2.26. The second-order valence-electron chi connectivity index (χ2n) is 2.13. The molecule has 0 heterocycles. The van der Waals surface area contributed by atoms with Crippen LogP contribution in [-0.4, -0.2) is 22.5 Å². The van der Waals surface area contributed by atoms with Gasteiger partial charge in [0.1, 0.15) is 0 Å². The first kappa shape index (κ1) is 7.88. The number of hydrogen-bond acceptors (Lipinski definition) is 3. The highest BCUT2D eigenvalue weighted by atomic mass is 16.5. The quantitative estimate of drug-likeness (QED) is 0.420. The molecule has 0 saturated heterocycles. The Morgan fingerprint density at radius 3 is 1.62 bits per heavy atom. The molecule has 0 aliphatic rings. The lowest BCUT2D eigenvalue weighted by Gasteiger charge is -2.16. The molecule has 0 aliphatic heterocycles. The van der Waals surface area contributed by atoms with Gasteiger partial charge in [-0.15, -0.1) is 0 Å². The Morgan fingerprint density at radius 1 is 1.25 bits per heavy atom. The monoisotopic (exact) mass is 119 g/mol. The summed E-state index contributed by atoms with van der Waals surface area (Å²) in [5.41, 5.74) is 5.32. The normalized spacial score (nSPS) is 18.8. The molecular formula is C5H13NO2. The third-order valence-electron chi connectivity index (χ3n) is 1.30. The molecule has 0 rings (SSSR count). The van der Waals surface area contributed by atoms with Crippen LogP contribution in [-0.2, 0) is 0 Å². The Morgan fingerprint density at radius 2 is 1.62 bits per heavy atom. The fourth-order valence-electron chi connectivity index (χ4n) is 0.272. The van der Waals surface area contributed by atoms with Crippen molar-refractivity contribution in [3.05, 3.63) is 0 Å². The summed E-state index contributed by atoms with van der Waals surface area (Å²) in [7, 11) is 0. The minimum Gasteiger partial charge on any atom is -0.368 e. The predicted molar refractivity (Wildman–Crippen MR) is 31.0 cm³/mol. The van der Waals surface area contributed by atoms with Crippen LogP contribution >= 0.6 is 0 Å². The highest BCUT2D eigenvalue weighted by molar-refractivity contribution is 4.63. The van der Waals surface area contributed by atoms with Crippen LogP contribution in [0.5, 0.6) is 0 Å². The van der Waals surface area contributed by atoms with Gasteiger partial charge in [0.15, 0.2) is 6.29 Å². The average molecular weight is 119 g/mol. The van der Waals surface area contributed by atoms with Gasteiger partial charge < -0.3 is 15.9 Å². The Labute approximate surface area is 49.1 Å². The first-order valence-corrected chi connectivity index (χ1v) is 2.67. The van der Waals surface area contributed by atoms with Gasteiger partial charge in [-0.2, -0.15) is 0 Å². The van der Waals surface area contributed by atoms with Crippen molar-refractivity contribution in [2.75, 3.05) is 0 Å². The van der Waals surface area contributed by atoms with Crippen molar-refractivity contribution in [2.24, 2.45) is 11.7 Å². The molecule has 3 nitrogen and oxygen atoms in total. The van der Waals surface area contributed by atoms with Gasteiger partial charge in [0, 0.05) is 12.0 Å². The molecule has 0 bridgehead atoms. The molecule has 2 unspecified atom stereocenters. The zero-order valence-corrected chi connectivity index (χ0v) is 5.20. The Kier molecular flexibility index (Phi) is 2.97. The van der Waals surface area contributed by atoms with Gasteiger partial charge in [0.2, 0.25) is 0 Å². The van der Waals surface area contributed by atoms with Crippen LogP contribution in [0.15, 0.2) is 0 Å². The fraction of sp³-hybridized carbons (Fsp3) is 1.00. The number of hydrogen-bond donors (Lipinski definition) is 3. The van der Waals surface area contributed by atoms with Gasteiger partial charge >= 0.3 is 0 Å². The molecular weight excluding hydrogens is 106 g/mol. The van der Waals surface area contributed by atoms with Crippen LogP contribution in [0, 0.1) is 5.92 Å². The molecule has 0 aromatic carbocycles. The van der Waals surface area contributed by atoms with E-state index in [-0.39, 0.29) is 12.0 Å². The maximum Gasteiger partial charge on any atom is 0.155 e. The number of rotatable bonds is 2. The summed E-state index contributed by atoms with van der Waals surface area (Å²) in [4.78, 5) is 0. The SMILES string of the molecule is CC(N)C(C)C(O)O. The second kappa shape index (κ2) is 3.02. The number of aliphatic hydroxyl groups excluding tert-OH is 1. The van der Waals surface area contributed by atoms with Crippen molar-refractivity contribution in [2.45, 2.75) is 26.2 Å². The maximum atomic E-state index is 8.47. The zero-order chi connectivity index (χ0) is 6.73. The molecule has 2 atom stereocenters. The Bertz CT molecular complexity index is 55.4. The van der Waals surface area contributed by atoms with Crippen molar-refractivity contribution < 1.29 is 10.2 Å². The molecule has 0 amide bonds. The first-order chi connectivity index (χ1) is 3.55. The molecule has 8 heavy (non-hydrogen) atoms. The average Bonchev–Trinajstić information content (AvgIpc) is 1.64. The summed E-state index contributed by atoms with van der Waals surface area (Å²) in [6, 6.07) is -0.157. The minimum atomic E-state index is -1.28. The summed E-state index contributed by atoms with van der Waals surface area (Å²) >= 11 is 0. The number of nitrogens with two attached hydrogens (primary N) is 1. The largest absolute Gasteiger partial charge is 0.368 e. The first-order valence-electron chi connectivity index (χ1n) is 2.67. The molecule has 0 saturated carbocycles. The topological polar surface area (TPSA) is 66.5 Å². The van der Waals surface area contributed by atoms with E-state index in [4.69, 9.17) is 15.9 Å². The molecule has 50 valence electrons. The number of aliphatic hydroxyl groups is 2. The molecule has 3 heteroatoms. The van der Waals surface area contributed by atoms with Crippen molar-refractivity contribution in [1.82, 2.24) is 0 Å². The van der Waals surface area contributed by atoms with Crippen LogP contribution in [0.3, 0.4) is 0 Å². The second-order valence-corrected chi connectivity index (χ2v) is 2.13. The smallest absolute Gasteiger partial charge is 0.155 e. The fourth-order valence-corrected chi connectivity index (χ4v) is 0.272. The van der Waals surface area contributed by atoms with Crippen molar-refractivity contribution in [3.63, 3.8) is 0 Å². The maximum absolute atomic E-state index is 8.47. The lowest BCUT2D eigenvalue weighted by Crippen LogP contribution is -2.33. The molecule has 0 fully saturated rings. The highest BCUT2D eigenvalue weighted by Gasteiger charge is 2.13. The molecule has 4 N–H and O–H groups in total. The van der Waals surface area contributed by atoms with E-state index in [1.54, 1.807) is 13.8 Å². The summed E-state index contributed by atoms with van der Waals surface area (Å²) in [6.07, 6.45) is -1.28. The zero-order valence-electron chi connectivity index (χ0n) is 5.20. The summed E-state index contributed by atoms with van der Waals surface area (Å²) < 4.78 is 0. The molecule has 0 aliphatic carbocycles. The van der Waals surface area contributed by atoms with E-state index in [1.165, 1.54) is 0 Å². The predicted octanol–water partition coefficient (Wildman–Crippen LogP) is -0.720. The van der Waals surface area contributed by atoms with Gasteiger partial charge in [0.25, 0.3) is 0 Å². The summed E-state index contributed by atoms with van der Waals surface area (Å²) in [6.45, 7) is 3.43. The van der Waals surface area contributed by atoms with Gasteiger partial charge in [0.05, 0.1) is 0 Å². The third-order valence-corrected chi connectivity index (χ3v) is 1.30. The van der Waals surface area contributed by atoms with Gasteiger partial charge in [-0.25, -0.2) is 0 Å². The minimum absolute atomic E-state index is 0.157. The molecule has 0 aromatic heterocycles. The van der Waals surface area contributed by atoms with E-state index >= 15 is 0 Å². The Hall–Kier alpha value is -0.120. The van der Waals surface area contributed by atoms with Crippen LogP contribution in [0.2, 0.25) is 0 Å². The van der Waals surface area contributed by atoms with E-state index < -0.39 is 6.29 Å². The molecule has 0 aromatic rings. The van der Waals surface area contributed by atoms with Crippen LogP contribution in [0.25, 0.3) is 0 Å². The van der Waals surface area contributed by atoms with Gasteiger partial charge in [-0.1, -0.05) is 6.92 Å². The molecule has 0 spiro atoms. The summed E-state index contributed by atoms with van der Waals surface area (Å²) in [5, 5.41) is 16.9. The standard InChI is InChI=1S/C5H13NO2/c1-3(4(2)6)5(7)8/h3-5,7-8H,6H2,1-2H3. The van der Waals surface area contributed by atoms with Crippen LogP contribution in [0.4, 0.5) is 0 Å². The highest BCUT2D eigenvalue weighted by Crippen LogP contribution is 2.02. The van der Waals surface area contributed by atoms with E-state index in [0.717, 1.165) is 0 Å². The van der Waals surface area contributed by atoms with Gasteiger partial charge in [-0.05, 0) is 6.92 Å². The lowest BCUT2D eigenvalue weighted by atomic mass is 10.1. The van der Waals surface area contributed by atoms with Crippen LogP contribution in [0.1, 0.15) is 13.8 Å². The van der Waals surface area contributed by atoms with E-state index in [2.05, 4.69) is 0 Å². The van der Waals surface area contributed by atoms with E-state index in [0.29, 0.717) is 0 Å². The van der Waals surface area contributed by atoms with Gasteiger partial charge in [-0.3, -0.25) is 0 Å².